The summed E-state index contributed by atoms with van der Waals surface area (Å²) in [5, 5.41) is 4.65. The first kappa shape index (κ1) is 12.2. The van der Waals surface area contributed by atoms with Gasteiger partial charge < -0.3 is 14.9 Å². The summed E-state index contributed by atoms with van der Waals surface area (Å²) < 4.78 is 12.1. The number of carbonyl (C=O) groups excluding carboxylic acids is 1. The van der Waals surface area contributed by atoms with Crippen LogP contribution in [0.25, 0.3) is 11.0 Å². The Morgan fingerprint density at radius 1 is 1.45 bits per heavy atom. The lowest BCUT2D eigenvalue weighted by atomic mass is 10.2. The van der Waals surface area contributed by atoms with E-state index in [-0.39, 0.29) is 12.4 Å². The van der Waals surface area contributed by atoms with Crippen LogP contribution in [0.4, 0.5) is 5.69 Å². The van der Waals surface area contributed by atoms with E-state index in [0.29, 0.717) is 17.1 Å². The van der Waals surface area contributed by atoms with E-state index in [9.17, 15) is 4.79 Å². The van der Waals surface area contributed by atoms with Crippen molar-refractivity contribution in [3.8, 4) is 0 Å². The number of furan rings is 1. The van der Waals surface area contributed by atoms with Crippen molar-refractivity contribution in [1.29, 1.82) is 0 Å². The lowest BCUT2D eigenvalue weighted by Gasteiger charge is -2.01. The van der Waals surface area contributed by atoms with Crippen LogP contribution in [0, 0.1) is 0 Å². The number of aromatic nitrogens is 3. The molecule has 0 unspecified atom stereocenters. The minimum atomic E-state index is -0.553. The van der Waals surface area contributed by atoms with Crippen LogP contribution < -0.4 is 5.73 Å². The van der Waals surface area contributed by atoms with Gasteiger partial charge in [-0.15, -0.1) is 0 Å². The third-order valence-electron chi connectivity index (χ3n) is 2.88. The Labute approximate surface area is 114 Å². The second-order valence-electron chi connectivity index (χ2n) is 4.28. The molecule has 0 amide bonds. The average molecular weight is 272 g/mol. The van der Waals surface area contributed by atoms with Crippen LogP contribution in [-0.4, -0.2) is 20.7 Å². The van der Waals surface area contributed by atoms with Gasteiger partial charge in [-0.25, -0.2) is 9.78 Å². The number of aryl methyl sites for hydroxylation is 1. The highest BCUT2D eigenvalue weighted by Gasteiger charge is 2.15. The van der Waals surface area contributed by atoms with Crippen LogP contribution in [0.1, 0.15) is 16.4 Å². The Morgan fingerprint density at radius 3 is 3.05 bits per heavy atom. The largest absolute Gasteiger partial charge is 0.452 e. The van der Waals surface area contributed by atoms with Crippen LogP contribution in [0.2, 0.25) is 0 Å². The molecule has 3 aromatic rings. The molecule has 102 valence electrons. The quantitative estimate of drug-likeness (QED) is 0.573. The predicted molar refractivity (Wildman–Crippen MR) is 70.7 cm³/mol. The number of ether oxygens (including phenoxy) is 1. The Bertz CT molecular complexity index is 775. The van der Waals surface area contributed by atoms with E-state index in [1.165, 1.54) is 11.0 Å². The van der Waals surface area contributed by atoms with Crippen molar-refractivity contribution in [2.24, 2.45) is 7.05 Å². The third-order valence-corrected chi connectivity index (χ3v) is 2.88. The molecule has 2 N–H and O–H groups in total. The van der Waals surface area contributed by atoms with Crippen molar-refractivity contribution in [1.82, 2.24) is 14.8 Å². The summed E-state index contributed by atoms with van der Waals surface area (Å²) in [6.45, 7) is 0.0362. The smallest absolute Gasteiger partial charge is 0.374 e. The Morgan fingerprint density at radius 2 is 2.30 bits per heavy atom. The molecule has 7 heteroatoms. The van der Waals surface area contributed by atoms with Gasteiger partial charge in [0.2, 0.25) is 5.76 Å². The Balaban J connectivity index is 1.77. The maximum atomic E-state index is 11.9. The average Bonchev–Trinajstić information content (AvgIpc) is 3.01. The fourth-order valence-corrected chi connectivity index (χ4v) is 1.81. The minimum absolute atomic E-state index is 0.0362. The molecular weight excluding hydrogens is 260 g/mol. The van der Waals surface area contributed by atoms with Gasteiger partial charge in [-0.2, -0.15) is 5.10 Å². The Hall–Kier alpha value is -2.83. The standard InChI is InChI=1S/C13H12N4O3/c1-17-12(15-7-16-17)6-19-13(18)11-5-8-4-9(14)2-3-10(8)20-11/h2-5,7H,6,14H2,1H3. The van der Waals surface area contributed by atoms with Gasteiger partial charge in [-0.3, -0.25) is 4.68 Å². The van der Waals surface area contributed by atoms with Gasteiger partial charge in [0.15, 0.2) is 12.4 Å². The summed E-state index contributed by atoms with van der Waals surface area (Å²) in [5.74, 6) is 0.134. The fraction of sp³-hybridized carbons (Fsp3) is 0.154. The highest BCUT2D eigenvalue weighted by Crippen LogP contribution is 2.22. The molecule has 0 fully saturated rings. The van der Waals surface area contributed by atoms with Crippen molar-refractivity contribution < 1.29 is 13.9 Å². The molecule has 0 aliphatic heterocycles. The molecule has 2 heterocycles. The third kappa shape index (κ3) is 2.20. The van der Waals surface area contributed by atoms with Gasteiger partial charge in [-0.1, -0.05) is 0 Å². The number of anilines is 1. The highest BCUT2D eigenvalue weighted by atomic mass is 16.5. The highest BCUT2D eigenvalue weighted by molar-refractivity contribution is 5.93. The van der Waals surface area contributed by atoms with E-state index >= 15 is 0 Å². The second-order valence-corrected chi connectivity index (χ2v) is 4.28. The van der Waals surface area contributed by atoms with E-state index in [1.54, 1.807) is 31.3 Å². The molecule has 0 saturated heterocycles. The molecular formula is C13H12N4O3. The van der Waals surface area contributed by atoms with Crippen LogP contribution >= 0.6 is 0 Å². The summed E-state index contributed by atoms with van der Waals surface area (Å²) in [4.78, 5) is 15.9. The number of hydrogen-bond donors (Lipinski definition) is 1. The second kappa shape index (κ2) is 4.69. The van der Waals surface area contributed by atoms with Crippen molar-refractivity contribution in [3.63, 3.8) is 0 Å². The number of nitrogen functional groups attached to an aromatic ring is 1. The van der Waals surface area contributed by atoms with Gasteiger partial charge in [0.25, 0.3) is 0 Å². The molecule has 0 radical (unpaired) electrons. The summed E-state index contributed by atoms with van der Waals surface area (Å²) in [5.41, 5.74) is 6.87. The number of nitrogens with zero attached hydrogens (tertiary/aromatic N) is 3. The number of fused-ring (bicyclic) bond motifs is 1. The first-order valence-corrected chi connectivity index (χ1v) is 5.92. The fourth-order valence-electron chi connectivity index (χ4n) is 1.81. The lowest BCUT2D eigenvalue weighted by Crippen LogP contribution is -2.08. The first-order valence-electron chi connectivity index (χ1n) is 5.92. The molecule has 0 spiro atoms. The van der Waals surface area contributed by atoms with Gasteiger partial charge in [0.1, 0.15) is 11.9 Å². The molecule has 0 aliphatic rings. The number of carbonyl (C=O) groups is 1. The van der Waals surface area contributed by atoms with Crippen LogP contribution in [-0.2, 0) is 18.4 Å². The van der Waals surface area contributed by atoms with Crippen LogP contribution in [0.3, 0.4) is 0 Å². The zero-order valence-corrected chi connectivity index (χ0v) is 10.7. The first-order chi connectivity index (χ1) is 9.63. The van der Waals surface area contributed by atoms with Gasteiger partial charge >= 0.3 is 5.97 Å². The van der Waals surface area contributed by atoms with Crippen molar-refractivity contribution in [2.75, 3.05) is 5.73 Å². The molecule has 2 aromatic heterocycles. The molecule has 0 bridgehead atoms. The molecule has 1 aromatic carbocycles. The minimum Gasteiger partial charge on any atom is -0.452 e. The zero-order valence-electron chi connectivity index (χ0n) is 10.7. The summed E-state index contributed by atoms with van der Waals surface area (Å²) in [7, 11) is 1.72. The maximum absolute atomic E-state index is 11.9. The van der Waals surface area contributed by atoms with Gasteiger partial charge in [0, 0.05) is 18.1 Å². The molecule has 0 aliphatic carbocycles. The molecule has 0 saturated carbocycles. The molecule has 7 nitrogen and oxygen atoms in total. The number of esters is 1. The van der Waals surface area contributed by atoms with E-state index < -0.39 is 5.97 Å². The van der Waals surface area contributed by atoms with E-state index in [4.69, 9.17) is 14.9 Å². The van der Waals surface area contributed by atoms with Crippen molar-refractivity contribution in [2.45, 2.75) is 6.61 Å². The number of benzene rings is 1. The summed E-state index contributed by atoms with van der Waals surface area (Å²) >= 11 is 0. The van der Waals surface area contributed by atoms with Crippen LogP contribution in [0.15, 0.2) is 35.0 Å². The maximum Gasteiger partial charge on any atom is 0.374 e. The normalized spacial score (nSPS) is 10.8. The lowest BCUT2D eigenvalue weighted by molar-refractivity contribution is 0.0424. The van der Waals surface area contributed by atoms with Crippen molar-refractivity contribution >= 4 is 22.6 Å². The van der Waals surface area contributed by atoms with E-state index in [0.717, 1.165) is 5.39 Å². The van der Waals surface area contributed by atoms with E-state index in [2.05, 4.69) is 10.1 Å². The SMILES string of the molecule is Cn1ncnc1COC(=O)c1cc2cc(N)ccc2o1. The Kier molecular flexibility index (Phi) is 2.86. The molecule has 3 rings (SSSR count). The number of nitrogens with two attached hydrogens (primary N) is 1. The summed E-state index contributed by atoms with van der Waals surface area (Å²) in [6.07, 6.45) is 1.40. The number of hydrogen-bond acceptors (Lipinski definition) is 6. The van der Waals surface area contributed by atoms with Crippen molar-refractivity contribution in [3.05, 3.63) is 42.2 Å². The van der Waals surface area contributed by atoms with E-state index in [1.807, 2.05) is 0 Å². The zero-order chi connectivity index (χ0) is 14.1. The predicted octanol–water partition coefficient (Wildman–Crippen LogP) is 1.50. The van der Waals surface area contributed by atoms with Gasteiger partial charge in [0.05, 0.1) is 0 Å². The number of rotatable bonds is 3. The van der Waals surface area contributed by atoms with Crippen LogP contribution in [0.5, 0.6) is 0 Å². The topological polar surface area (TPSA) is 96.2 Å². The molecule has 0 atom stereocenters. The van der Waals surface area contributed by atoms with Gasteiger partial charge in [-0.05, 0) is 24.3 Å². The summed E-state index contributed by atoms with van der Waals surface area (Å²) in [6, 6.07) is 6.76. The molecule has 20 heavy (non-hydrogen) atoms. The monoisotopic (exact) mass is 272 g/mol.